The number of rotatable bonds is 8. The number of carbonyl (C=O) groups is 1. The van der Waals surface area contributed by atoms with Gasteiger partial charge in [-0.15, -0.1) is 11.3 Å². The molecule has 0 atom stereocenters. The van der Waals surface area contributed by atoms with Gasteiger partial charge in [0.1, 0.15) is 28.0 Å². The fourth-order valence-electron chi connectivity index (χ4n) is 4.11. The van der Waals surface area contributed by atoms with E-state index in [9.17, 15) is 25.0 Å². The Morgan fingerprint density at radius 3 is 2.43 bits per heavy atom. The molecule has 0 saturated heterocycles. The third-order valence-electron chi connectivity index (χ3n) is 6.08. The highest BCUT2D eigenvalue weighted by Crippen LogP contribution is 2.25. The van der Waals surface area contributed by atoms with Gasteiger partial charge in [-0.1, -0.05) is 18.2 Å². The van der Waals surface area contributed by atoms with Crippen LogP contribution in [0.1, 0.15) is 12.7 Å². The summed E-state index contributed by atoms with van der Waals surface area (Å²) in [6.45, 7) is 2.37. The van der Waals surface area contributed by atoms with Crippen molar-refractivity contribution in [1.29, 1.82) is 5.26 Å². The average Bonchev–Trinajstić information content (AvgIpc) is 3.59. The van der Waals surface area contributed by atoms with Crippen molar-refractivity contribution in [3.63, 3.8) is 0 Å². The number of ether oxygens (including phenoxy) is 1. The number of amides is 1. The van der Waals surface area contributed by atoms with E-state index in [2.05, 4.69) is 5.32 Å². The summed E-state index contributed by atoms with van der Waals surface area (Å²) in [5.74, 6) is 0.782. The molecule has 1 N–H and O–H groups in total. The fourth-order valence-corrected chi connectivity index (χ4v) is 5.20. The number of nitriles is 1. The summed E-state index contributed by atoms with van der Waals surface area (Å²) in [4.78, 5) is 37.4. The smallest absolute Gasteiger partial charge is 0.273 e. The summed E-state index contributed by atoms with van der Waals surface area (Å²) < 4.78 is 13.0. The number of furan rings is 1. The van der Waals surface area contributed by atoms with Crippen LogP contribution in [-0.4, -0.2) is 22.0 Å². The first-order valence-corrected chi connectivity index (χ1v) is 13.5. The lowest BCUT2D eigenvalue weighted by Crippen LogP contribution is -2.32. The van der Waals surface area contributed by atoms with Gasteiger partial charge in [-0.25, -0.2) is 0 Å². The van der Waals surface area contributed by atoms with Gasteiger partial charge in [0.15, 0.2) is 5.57 Å². The van der Waals surface area contributed by atoms with Gasteiger partial charge in [0.2, 0.25) is 0 Å². The molecule has 0 aliphatic rings. The highest BCUT2D eigenvalue weighted by atomic mass is 32.1. The number of nitro groups is 1. The standard InChI is InChI=1S/C31H22N4O6S/c1-2-40-24-14-10-21(11-15-24)33-29(36)26(19-32)31-34(22-6-4-3-5-7-22)30(37)28(42-31)18-25-16-17-27(41-25)20-8-12-23(13-9-20)35(38)39/h3-18H,2H2,1H3,(H,33,36). The van der Waals surface area contributed by atoms with Crippen LogP contribution in [-0.2, 0) is 4.79 Å². The van der Waals surface area contributed by atoms with Crippen LogP contribution in [0.25, 0.3) is 28.7 Å². The predicted molar refractivity (Wildman–Crippen MR) is 159 cm³/mol. The maximum atomic E-state index is 13.6. The minimum absolute atomic E-state index is 0.0409. The van der Waals surface area contributed by atoms with E-state index in [1.165, 1.54) is 22.8 Å². The number of nitrogens with one attached hydrogen (secondary N) is 1. The van der Waals surface area contributed by atoms with Gasteiger partial charge < -0.3 is 14.5 Å². The molecule has 0 aliphatic heterocycles. The molecule has 0 aliphatic carbocycles. The molecule has 0 saturated carbocycles. The predicted octanol–water partition coefficient (Wildman–Crippen LogP) is 4.61. The maximum absolute atomic E-state index is 13.6. The zero-order chi connectivity index (χ0) is 29.6. The number of hydrogen-bond donors (Lipinski definition) is 1. The van der Waals surface area contributed by atoms with Crippen molar-refractivity contribution in [1.82, 2.24) is 4.57 Å². The summed E-state index contributed by atoms with van der Waals surface area (Å²) in [5, 5.41) is 23.7. The van der Waals surface area contributed by atoms with Crippen LogP contribution in [0.3, 0.4) is 0 Å². The summed E-state index contributed by atoms with van der Waals surface area (Å²) in [6, 6.07) is 26.7. The summed E-state index contributed by atoms with van der Waals surface area (Å²) in [6.07, 6.45) is 1.53. The van der Waals surface area contributed by atoms with E-state index in [0.717, 1.165) is 11.3 Å². The van der Waals surface area contributed by atoms with E-state index in [0.29, 0.717) is 40.8 Å². The van der Waals surface area contributed by atoms with Gasteiger partial charge in [-0.3, -0.25) is 24.3 Å². The number of nitrogens with zero attached hydrogens (tertiary/aromatic N) is 3. The first-order valence-electron chi connectivity index (χ1n) is 12.7. The molecule has 2 aromatic heterocycles. The van der Waals surface area contributed by atoms with E-state index in [1.54, 1.807) is 78.9 Å². The number of non-ortho nitro benzene ring substituents is 1. The number of thiazole rings is 1. The molecular weight excluding hydrogens is 556 g/mol. The highest BCUT2D eigenvalue weighted by molar-refractivity contribution is 7.07. The number of carbonyl (C=O) groups excluding carboxylic acids is 1. The molecule has 208 valence electrons. The maximum Gasteiger partial charge on any atom is 0.273 e. The number of aromatic nitrogens is 1. The molecule has 2 heterocycles. The summed E-state index contributed by atoms with van der Waals surface area (Å²) in [5.41, 5.74) is 0.862. The van der Waals surface area contributed by atoms with Crippen LogP contribution in [0.15, 0.2) is 100 Å². The number of anilines is 1. The third kappa shape index (κ3) is 5.89. The van der Waals surface area contributed by atoms with Gasteiger partial charge >= 0.3 is 0 Å². The molecule has 5 aromatic rings. The second-order valence-electron chi connectivity index (χ2n) is 8.80. The normalized spacial score (nSPS) is 12.0. The molecule has 1 amide bonds. The lowest BCUT2D eigenvalue weighted by molar-refractivity contribution is -0.384. The van der Waals surface area contributed by atoms with Gasteiger partial charge in [-0.05, 0) is 67.6 Å². The Morgan fingerprint density at radius 2 is 1.79 bits per heavy atom. The molecule has 42 heavy (non-hydrogen) atoms. The van der Waals surface area contributed by atoms with Crippen LogP contribution in [0.2, 0.25) is 0 Å². The van der Waals surface area contributed by atoms with Gasteiger partial charge in [-0.2, -0.15) is 5.26 Å². The van der Waals surface area contributed by atoms with Crippen molar-refractivity contribution in [2.75, 3.05) is 11.9 Å². The monoisotopic (exact) mass is 578 g/mol. The molecule has 0 unspecified atom stereocenters. The van der Waals surface area contributed by atoms with Crippen molar-refractivity contribution in [3.05, 3.63) is 126 Å². The fraction of sp³-hybridized carbons (Fsp3) is 0.0645. The number of para-hydroxylation sites is 1. The Balaban J connectivity index is 1.58. The summed E-state index contributed by atoms with van der Waals surface area (Å²) in [7, 11) is 0. The molecule has 0 radical (unpaired) electrons. The zero-order valence-corrected chi connectivity index (χ0v) is 23.0. The lowest BCUT2D eigenvalue weighted by atomic mass is 10.1. The van der Waals surface area contributed by atoms with Crippen LogP contribution in [0.4, 0.5) is 11.4 Å². The zero-order valence-electron chi connectivity index (χ0n) is 22.1. The second-order valence-corrected chi connectivity index (χ2v) is 9.83. The van der Waals surface area contributed by atoms with Gasteiger partial charge in [0, 0.05) is 29.5 Å². The highest BCUT2D eigenvalue weighted by Gasteiger charge is 2.18. The number of nitro benzene ring substituents is 1. The van der Waals surface area contributed by atoms with Crippen molar-refractivity contribution < 1.29 is 18.9 Å². The lowest BCUT2D eigenvalue weighted by Gasteiger charge is -2.07. The molecule has 0 fully saturated rings. The van der Waals surface area contributed by atoms with Crippen LogP contribution in [0.5, 0.6) is 5.75 Å². The van der Waals surface area contributed by atoms with E-state index in [1.807, 2.05) is 13.0 Å². The SMILES string of the molecule is CCOc1ccc(NC(=O)C(C#N)=c2sc(=Cc3ccc(-c4ccc([N+](=O)[O-])cc4)o3)c(=O)n2-c2ccccc2)cc1. The molecule has 11 heteroatoms. The van der Waals surface area contributed by atoms with Crippen molar-refractivity contribution in [2.45, 2.75) is 6.92 Å². The van der Waals surface area contributed by atoms with Crippen LogP contribution < -0.4 is 24.8 Å². The van der Waals surface area contributed by atoms with E-state index >= 15 is 0 Å². The average molecular weight is 579 g/mol. The number of benzene rings is 3. The van der Waals surface area contributed by atoms with E-state index < -0.39 is 16.4 Å². The minimum atomic E-state index is -0.669. The Hall–Kier alpha value is -5.73. The Bertz CT molecular complexity index is 1980. The van der Waals surface area contributed by atoms with Crippen molar-refractivity contribution >= 4 is 40.3 Å². The number of hydrogen-bond acceptors (Lipinski definition) is 8. The van der Waals surface area contributed by atoms with Crippen LogP contribution >= 0.6 is 11.3 Å². The largest absolute Gasteiger partial charge is 0.494 e. The van der Waals surface area contributed by atoms with E-state index in [4.69, 9.17) is 9.15 Å². The van der Waals surface area contributed by atoms with Crippen molar-refractivity contribution in [3.8, 4) is 28.8 Å². The Morgan fingerprint density at radius 1 is 1.07 bits per heavy atom. The molecular formula is C31H22N4O6S. The first-order chi connectivity index (χ1) is 20.4. The van der Waals surface area contributed by atoms with Gasteiger partial charge in [0.25, 0.3) is 17.2 Å². The molecule has 5 rings (SSSR count). The first kappa shape index (κ1) is 27.8. The van der Waals surface area contributed by atoms with Crippen molar-refractivity contribution in [2.24, 2.45) is 0 Å². The Kier molecular flexibility index (Phi) is 8.08. The van der Waals surface area contributed by atoms with Crippen LogP contribution in [0, 0.1) is 21.4 Å². The molecule has 3 aromatic carbocycles. The third-order valence-corrected chi connectivity index (χ3v) is 7.17. The minimum Gasteiger partial charge on any atom is -0.494 e. The van der Waals surface area contributed by atoms with E-state index in [-0.39, 0.29) is 20.5 Å². The second kappa shape index (κ2) is 12.2. The topological polar surface area (TPSA) is 140 Å². The summed E-state index contributed by atoms with van der Waals surface area (Å²) >= 11 is 0.986. The quantitative estimate of drug-likeness (QED) is 0.209. The molecule has 10 nitrogen and oxygen atoms in total. The molecule has 0 bridgehead atoms. The Labute approximate surface area is 242 Å². The van der Waals surface area contributed by atoms with Gasteiger partial charge in [0.05, 0.1) is 21.7 Å². The molecule has 0 spiro atoms.